The Balaban J connectivity index is 4.14. The third-order valence-corrected chi connectivity index (χ3v) is 2.87. The third kappa shape index (κ3) is 9.44. The quantitative estimate of drug-likeness (QED) is 0.541. The molecule has 0 aliphatic heterocycles. The summed E-state index contributed by atoms with van der Waals surface area (Å²) in [5.41, 5.74) is 5.44. The van der Waals surface area contributed by atoms with E-state index in [-0.39, 0.29) is 37.3 Å². The molecule has 0 saturated carbocycles. The Hall–Kier alpha value is -1.14. The van der Waals surface area contributed by atoms with Gasteiger partial charge in [0.1, 0.15) is 0 Å². The highest BCUT2D eigenvalue weighted by atomic mass is 16.5. The van der Waals surface area contributed by atoms with Gasteiger partial charge in [-0.3, -0.25) is 9.59 Å². The van der Waals surface area contributed by atoms with Gasteiger partial charge in [-0.05, 0) is 18.3 Å². The van der Waals surface area contributed by atoms with Crippen LogP contribution in [0.2, 0.25) is 0 Å². The fraction of sp³-hybridized carbons (Fsp3) is 0.846. The molecule has 0 aromatic rings. The van der Waals surface area contributed by atoms with E-state index in [0.29, 0.717) is 12.5 Å². The summed E-state index contributed by atoms with van der Waals surface area (Å²) in [4.78, 5) is 22.4. The van der Waals surface area contributed by atoms with Crippen LogP contribution in [0.1, 0.15) is 33.1 Å². The minimum absolute atomic E-state index is 0.0414. The Morgan fingerprint density at radius 2 is 1.95 bits per heavy atom. The van der Waals surface area contributed by atoms with Gasteiger partial charge in [-0.1, -0.05) is 13.8 Å². The first-order valence-electron chi connectivity index (χ1n) is 6.60. The Bertz CT molecular complexity index is 278. The highest BCUT2D eigenvalue weighted by Crippen LogP contribution is 2.14. The number of rotatable bonds is 10. The number of amides is 1. The minimum atomic E-state index is -0.836. The van der Waals surface area contributed by atoms with E-state index in [9.17, 15) is 9.59 Å². The van der Waals surface area contributed by atoms with Gasteiger partial charge in [0, 0.05) is 26.6 Å². The lowest BCUT2D eigenvalue weighted by atomic mass is 9.94. The molecule has 0 aromatic heterocycles. The molecule has 0 aliphatic carbocycles. The SMILES string of the molecule is COC(CN)CC(=O)NC[C@H](CC(=O)O)CC(C)C. The van der Waals surface area contributed by atoms with Crippen molar-refractivity contribution in [2.45, 2.75) is 39.2 Å². The maximum atomic E-state index is 11.7. The minimum Gasteiger partial charge on any atom is -0.481 e. The predicted octanol–water partition coefficient (Wildman–Crippen LogP) is 0.603. The van der Waals surface area contributed by atoms with Gasteiger partial charge < -0.3 is 20.9 Å². The lowest BCUT2D eigenvalue weighted by molar-refractivity contribution is -0.138. The van der Waals surface area contributed by atoms with E-state index in [4.69, 9.17) is 15.6 Å². The number of carbonyl (C=O) groups is 2. The second-order valence-corrected chi connectivity index (χ2v) is 5.20. The van der Waals surface area contributed by atoms with E-state index in [1.54, 1.807) is 0 Å². The number of carbonyl (C=O) groups excluding carboxylic acids is 1. The Kier molecular flexibility index (Phi) is 9.16. The van der Waals surface area contributed by atoms with Crippen molar-refractivity contribution in [3.8, 4) is 0 Å². The summed E-state index contributed by atoms with van der Waals surface area (Å²) < 4.78 is 5.03. The lowest BCUT2D eigenvalue weighted by Gasteiger charge is -2.19. The highest BCUT2D eigenvalue weighted by molar-refractivity contribution is 5.76. The van der Waals surface area contributed by atoms with E-state index in [0.717, 1.165) is 6.42 Å². The summed E-state index contributed by atoms with van der Waals surface area (Å²) in [6.45, 7) is 4.73. The first-order chi connectivity index (χ1) is 8.88. The van der Waals surface area contributed by atoms with Crippen molar-refractivity contribution in [2.75, 3.05) is 20.2 Å². The van der Waals surface area contributed by atoms with Crippen LogP contribution < -0.4 is 11.1 Å². The topological polar surface area (TPSA) is 102 Å². The summed E-state index contributed by atoms with van der Waals surface area (Å²) in [5, 5.41) is 11.6. The number of aliphatic carboxylic acids is 1. The maximum Gasteiger partial charge on any atom is 0.303 e. The molecular formula is C13H26N2O4. The molecular weight excluding hydrogens is 248 g/mol. The van der Waals surface area contributed by atoms with Crippen LogP contribution in [-0.2, 0) is 14.3 Å². The molecule has 0 spiro atoms. The molecule has 0 radical (unpaired) electrons. The van der Waals surface area contributed by atoms with Crippen molar-refractivity contribution in [1.29, 1.82) is 0 Å². The van der Waals surface area contributed by atoms with Crippen LogP contribution in [0.5, 0.6) is 0 Å². The molecule has 0 rings (SSSR count). The van der Waals surface area contributed by atoms with Crippen molar-refractivity contribution in [3.63, 3.8) is 0 Å². The molecule has 112 valence electrons. The molecule has 0 saturated heterocycles. The number of hydrogen-bond acceptors (Lipinski definition) is 4. The summed E-state index contributed by atoms with van der Waals surface area (Å²) in [6, 6.07) is 0. The van der Waals surface area contributed by atoms with E-state index in [1.807, 2.05) is 13.8 Å². The Morgan fingerprint density at radius 3 is 2.37 bits per heavy atom. The Morgan fingerprint density at radius 1 is 1.32 bits per heavy atom. The number of carboxylic acids is 1. The molecule has 0 bridgehead atoms. The molecule has 6 nitrogen and oxygen atoms in total. The fourth-order valence-corrected chi connectivity index (χ4v) is 1.95. The van der Waals surface area contributed by atoms with Gasteiger partial charge in [-0.15, -0.1) is 0 Å². The highest BCUT2D eigenvalue weighted by Gasteiger charge is 2.17. The molecule has 19 heavy (non-hydrogen) atoms. The van der Waals surface area contributed by atoms with Gasteiger partial charge >= 0.3 is 5.97 Å². The third-order valence-electron chi connectivity index (χ3n) is 2.87. The molecule has 2 atom stereocenters. The van der Waals surface area contributed by atoms with E-state index in [2.05, 4.69) is 5.32 Å². The fourth-order valence-electron chi connectivity index (χ4n) is 1.95. The van der Waals surface area contributed by atoms with Gasteiger partial charge in [0.05, 0.1) is 12.5 Å². The number of carboxylic acid groups (broad SMARTS) is 1. The summed E-state index contributed by atoms with van der Waals surface area (Å²) in [6.07, 6.45) is 0.761. The van der Waals surface area contributed by atoms with Crippen LogP contribution in [0.4, 0.5) is 0 Å². The number of hydrogen-bond donors (Lipinski definition) is 3. The lowest BCUT2D eigenvalue weighted by Crippen LogP contribution is -2.35. The average molecular weight is 274 g/mol. The summed E-state index contributed by atoms with van der Waals surface area (Å²) >= 11 is 0. The standard InChI is InChI=1S/C13H26N2O4/c1-9(2)4-10(5-13(17)18)8-15-12(16)6-11(7-14)19-3/h9-11H,4-8,14H2,1-3H3,(H,15,16)(H,17,18)/t10-,11?/m0/s1. The normalized spacial score (nSPS) is 14.2. The van der Waals surface area contributed by atoms with Crippen molar-refractivity contribution >= 4 is 11.9 Å². The van der Waals surface area contributed by atoms with Gasteiger partial charge in [-0.2, -0.15) is 0 Å². The summed E-state index contributed by atoms with van der Waals surface area (Å²) in [7, 11) is 1.51. The second kappa shape index (κ2) is 9.75. The van der Waals surface area contributed by atoms with E-state index in [1.165, 1.54) is 7.11 Å². The molecule has 4 N–H and O–H groups in total. The largest absolute Gasteiger partial charge is 0.481 e. The Labute approximate surface area is 114 Å². The van der Waals surface area contributed by atoms with Crippen LogP contribution in [0.25, 0.3) is 0 Å². The maximum absolute atomic E-state index is 11.7. The molecule has 0 fully saturated rings. The number of nitrogens with two attached hydrogens (primary N) is 1. The summed E-state index contributed by atoms with van der Waals surface area (Å²) in [5.74, 6) is -0.634. The zero-order valence-electron chi connectivity index (χ0n) is 12.0. The number of ether oxygens (including phenoxy) is 1. The molecule has 0 heterocycles. The number of nitrogens with one attached hydrogen (secondary N) is 1. The van der Waals surface area contributed by atoms with Gasteiger partial charge in [0.2, 0.25) is 5.91 Å². The smallest absolute Gasteiger partial charge is 0.303 e. The van der Waals surface area contributed by atoms with Gasteiger partial charge in [-0.25, -0.2) is 0 Å². The number of methoxy groups -OCH3 is 1. The average Bonchev–Trinajstić information content (AvgIpc) is 2.31. The molecule has 0 aliphatic rings. The molecule has 1 unspecified atom stereocenters. The first kappa shape index (κ1) is 17.9. The zero-order chi connectivity index (χ0) is 14.8. The van der Waals surface area contributed by atoms with Crippen LogP contribution in [-0.4, -0.2) is 43.3 Å². The van der Waals surface area contributed by atoms with Crippen molar-refractivity contribution in [3.05, 3.63) is 0 Å². The van der Waals surface area contributed by atoms with Gasteiger partial charge in [0.15, 0.2) is 0 Å². The van der Waals surface area contributed by atoms with Crippen molar-refractivity contribution < 1.29 is 19.4 Å². The zero-order valence-corrected chi connectivity index (χ0v) is 12.0. The van der Waals surface area contributed by atoms with E-state index < -0.39 is 5.97 Å². The van der Waals surface area contributed by atoms with Crippen LogP contribution in [0.3, 0.4) is 0 Å². The second-order valence-electron chi connectivity index (χ2n) is 5.20. The first-order valence-corrected chi connectivity index (χ1v) is 6.60. The van der Waals surface area contributed by atoms with Crippen molar-refractivity contribution in [2.24, 2.45) is 17.6 Å². The monoisotopic (exact) mass is 274 g/mol. The van der Waals surface area contributed by atoms with Crippen LogP contribution >= 0.6 is 0 Å². The van der Waals surface area contributed by atoms with Gasteiger partial charge in [0.25, 0.3) is 0 Å². The van der Waals surface area contributed by atoms with Crippen molar-refractivity contribution in [1.82, 2.24) is 5.32 Å². The molecule has 1 amide bonds. The molecule has 6 heteroatoms. The molecule has 0 aromatic carbocycles. The van der Waals surface area contributed by atoms with Crippen LogP contribution in [0, 0.1) is 11.8 Å². The predicted molar refractivity (Wildman–Crippen MR) is 72.7 cm³/mol. The van der Waals surface area contributed by atoms with E-state index >= 15 is 0 Å². The van der Waals surface area contributed by atoms with Crippen LogP contribution in [0.15, 0.2) is 0 Å².